The summed E-state index contributed by atoms with van der Waals surface area (Å²) in [6.07, 6.45) is 1.74. The summed E-state index contributed by atoms with van der Waals surface area (Å²) in [6, 6.07) is 11.5. The van der Waals surface area contributed by atoms with Crippen LogP contribution in [0.1, 0.15) is 11.3 Å². The van der Waals surface area contributed by atoms with E-state index in [9.17, 15) is 0 Å². The fourth-order valence-electron chi connectivity index (χ4n) is 1.53. The van der Waals surface area contributed by atoms with Gasteiger partial charge in [-0.2, -0.15) is 0 Å². The van der Waals surface area contributed by atoms with Crippen LogP contribution in [0.25, 0.3) is 0 Å². The van der Waals surface area contributed by atoms with Gasteiger partial charge in [0, 0.05) is 11.6 Å². The molecule has 0 radical (unpaired) electrons. The molecule has 3 nitrogen and oxygen atoms in total. The second-order valence-electron chi connectivity index (χ2n) is 3.93. The molecular weight excluding hydrogens is 248 g/mol. The number of aromatic nitrogens is 1. The van der Waals surface area contributed by atoms with Crippen LogP contribution in [0.4, 0.5) is 0 Å². The highest BCUT2D eigenvalue weighted by atomic mass is 35.5. The van der Waals surface area contributed by atoms with E-state index in [2.05, 4.69) is 10.3 Å². The van der Waals surface area contributed by atoms with Crippen LogP contribution in [0.2, 0.25) is 5.02 Å². The Morgan fingerprint density at radius 3 is 2.56 bits per heavy atom. The van der Waals surface area contributed by atoms with Gasteiger partial charge in [-0.25, -0.2) is 0 Å². The van der Waals surface area contributed by atoms with Gasteiger partial charge in [-0.15, -0.1) is 0 Å². The number of pyridine rings is 1. The van der Waals surface area contributed by atoms with Crippen molar-refractivity contribution in [3.8, 4) is 5.75 Å². The van der Waals surface area contributed by atoms with E-state index < -0.39 is 0 Å². The van der Waals surface area contributed by atoms with Gasteiger partial charge in [-0.1, -0.05) is 23.7 Å². The quantitative estimate of drug-likeness (QED) is 0.899. The Labute approximate surface area is 112 Å². The lowest BCUT2D eigenvalue weighted by atomic mass is 10.2. The fourth-order valence-corrected chi connectivity index (χ4v) is 1.66. The summed E-state index contributed by atoms with van der Waals surface area (Å²) in [5, 5.41) is 3.78. The van der Waals surface area contributed by atoms with Crippen molar-refractivity contribution in [3.05, 3.63) is 58.9 Å². The molecule has 0 amide bonds. The lowest BCUT2D eigenvalue weighted by Crippen LogP contribution is -2.06. The summed E-state index contributed by atoms with van der Waals surface area (Å²) >= 11 is 5.82. The minimum atomic E-state index is 0.518. The van der Waals surface area contributed by atoms with E-state index >= 15 is 0 Å². The molecule has 1 heterocycles. The topological polar surface area (TPSA) is 34.1 Å². The molecule has 0 unspecified atom stereocenters. The number of nitrogens with zero attached hydrogens (tertiary/aromatic N) is 1. The van der Waals surface area contributed by atoms with Crippen LogP contribution < -0.4 is 10.1 Å². The maximum absolute atomic E-state index is 5.82. The first kappa shape index (κ1) is 12.9. The van der Waals surface area contributed by atoms with Crippen LogP contribution in [-0.2, 0) is 13.2 Å². The maximum Gasteiger partial charge on any atom is 0.138 e. The summed E-state index contributed by atoms with van der Waals surface area (Å²) in [7, 11) is 1.90. The summed E-state index contributed by atoms with van der Waals surface area (Å²) in [6.45, 7) is 1.28. The van der Waals surface area contributed by atoms with Gasteiger partial charge in [-0.05, 0) is 36.9 Å². The average Bonchev–Trinajstić information content (AvgIpc) is 2.40. The maximum atomic E-state index is 5.82. The second kappa shape index (κ2) is 6.38. The first-order valence-electron chi connectivity index (χ1n) is 5.74. The number of hydrogen-bond donors (Lipinski definition) is 1. The number of nitrogens with one attached hydrogen (secondary N) is 1. The van der Waals surface area contributed by atoms with Gasteiger partial charge < -0.3 is 10.1 Å². The molecule has 2 aromatic rings. The van der Waals surface area contributed by atoms with Gasteiger partial charge in [0.2, 0.25) is 0 Å². The van der Waals surface area contributed by atoms with Gasteiger partial charge in [0.25, 0.3) is 0 Å². The zero-order valence-corrected chi connectivity index (χ0v) is 10.9. The molecular formula is C14H15ClN2O. The van der Waals surface area contributed by atoms with E-state index in [1.54, 1.807) is 6.20 Å². The molecule has 18 heavy (non-hydrogen) atoms. The van der Waals surface area contributed by atoms with Crippen molar-refractivity contribution in [3.63, 3.8) is 0 Å². The first-order valence-corrected chi connectivity index (χ1v) is 6.12. The molecule has 0 aliphatic rings. The zero-order chi connectivity index (χ0) is 12.8. The van der Waals surface area contributed by atoms with E-state index in [0.29, 0.717) is 6.61 Å². The highest BCUT2D eigenvalue weighted by Gasteiger charge is 1.98. The Morgan fingerprint density at radius 2 is 1.94 bits per heavy atom. The first-order chi connectivity index (χ1) is 8.78. The van der Waals surface area contributed by atoms with Crippen LogP contribution in [0, 0.1) is 0 Å². The predicted octanol–water partition coefficient (Wildman–Crippen LogP) is 3.03. The number of hydrogen-bond acceptors (Lipinski definition) is 3. The van der Waals surface area contributed by atoms with Crippen molar-refractivity contribution < 1.29 is 4.74 Å². The van der Waals surface area contributed by atoms with Crippen LogP contribution in [-0.4, -0.2) is 12.0 Å². The minimum Gasteiger partial charge on any atom is -0.487 e. The van der Waals surface area contributed by atoms with Gasteiger partial charge >= 0.3 is 0 Å². The Hall–Kier alpha value is -1.58. The molecule has 0 fully saturated rings. The van der Waals surface area contributed by atoms with Crippen LogP contribution in [0.3, 0.4) is 0 Å². The Kier molecular flexibility index (Phi) is 4.56. The summed E-state index contributed by atoms with van der Waals surface area (Å²) in [5.41, 5.74) is 2.08. The van der Waals surface area contributed by atoms with E-state index in [0.717, 1.165) is 28.6 Å². The molecule has 1 N–H and O–H groups in total. The molecule has 0 saturated heterocycles. The molecule has 0 spiro atoms. The van der Waals surface area contributed by atoms with Crippen molar-refractivity contribution >= 4 is 11.6 Å². The van der Waals surface area contributed by atoms with E-state index in [-0.39, 0.29) is 0 Å². The standard InChI is InChI=1S/C14H15ClN2O/c1-16-8-13-6-7-14(9-17-13)18-10-11-2-4-12(15)5-3-11/h2-7,9,16H,8,10H2,1H3. The van der Waals surface area contributed by atoms with Gasteiger partial charge in [0.05, 0.1) is 11.9 Å². The molecule has 0 saturated carbocycles. The van der Waals surface area contributed by atoms with Crippen molar-refractivity contribution in [1.29, 1.82) is 0 Å². The fraction of sp³-hybridized carbons (Fsp3) is 0.214. The van der Waals surface area contributed by atoms with Crippen LogP contribution in [0.15, 0.2) is 42.6 Å². The van der Waals surface area contributed by atoms with E-state index in [4.69, 9.17) is 16.3 Å². The third-order valence-electron chi connectivity index (χ3n) is 2.47. The highest BCUT2D eigenvalue weighted by molar-refractivity contribution is 6.30. The highest BCUT2D eigenvalue weighted by Crippen LogP contribution is 2.14. The predicted molar refractivity (Wildman–Crippen MR) is 72.8 cm³/mol. The van der Waals surface area contributed by atoms with Crippen LogP contribution >= 0.6 is 11.6 Å². The third kappa shape index (κ3) is 3.72. The largest absolute Gasteiger partial charge is 0.487 e. The normalized spacial score (nSPS) is 10.3. The van der Waals surface area contributed by atoms with Crippen molar-refractivity contribution in [2.75, 3.05) is 7.05 Å². The molecule has 94 valence electrons. The lowest BCUT2D eigenvalue weighted by molar-refractivity contribution is 0.305. The Bertz CT molecular complexity index is 482. The number of halogens is 1. The lowest BCUT2D eigenvalue weighted by Gasteiger charge is -2.06. The Morgan fingerprint density at radius 1 is 1.17 bits per heavy atom. The average molecular weight is 263 g/mol. The van der Waals surface area contributed by atoms with Gasteiger partial charge in [0.15, 0.2) is 0 Å². The SMILES string of the molecule is CNCc1ccc(OCc2ccc(Cl)cc2)cn1. The van der Waals surface area contributed by atoms with Crippen LogP contribution in [0.5, 0.6) is 5.75 Å². The number of rotatable bonds is 5. The molecule has 0 atom stereocenters. The van der Waals surface area contributed by atoms with Crippen molar-refractivity contribution in [2.45, 2.75) is 13.2 Å². The third-order valence-corrected chi connectivity index (χ3v) is 2.73. The summed E-state index contributed by atoms with van der Waals surface area (Å²) in [5.74, 6) is 0.768. The molecule has 0 aliphatic heterocycles. The molecule has 0 bridgehead atoms. The zero-order valence-electron chi connectivity index (χ0n) is 10.2. The minimum absolute atomic E-state index is 0.518. The summed E-state index contributed by atoms with van der Waals surface area (Å²) in [4.78, 5) is 4.29. The van der Waals surface area contributed by atoms with Crippen molar-refractivity contribution in [1.82, 2.24) is 10.3 Å². The molecule has 2 rings (SSSR count). The molecule has 1 aromatic heterocycles. The Balaban J connectivity index is 1.91. The van der Waals surface area contributed by atoms with Crippen molar-refractivity contribution in [2.24, 2.45) is 0 Å². The van der Waals surface area contributed by atoms with E-state index in [1.165, 1.54) is 0 Å². The van der Waals surface area contributed by atoms with E-state index in [1.807, 2.05) is 43.4 Å². The molecule has 1 aromatic carbocycles. The van der Waals surface area contributed by atoms with Gasteiger partial charge in [0.1, 0.15) is 12.4 Å². The monoisotopic (exact) mass is 262 g/mol. The second-order valence-corrected chi connectivity index (χ2v) is 4.37. The van der Waals surface area contributed by atoms with Gasteiger partial charge in [-0.3, -0.25) is 4.98 Å². The molecule has 0 aliphatic carbocycles. The molecule has 4 heteroatoms. The summed E-state index contributed by atoms with van der Waals surface area (Å²) < 4.78 is 5.64. The number of benzene rings is 1. The smallest absolute Gasteiger partial charge is 0.138 e. The number of ether oxygens (including phenoxy) is 1.